The summed E-state index contributed by atoms with van der Waals surface area (Å²) in [6.07, 6.45) is 4.66. The lowest BCUT2D eigenvalue weighted by Gasteiger charge is -2.06. The summed E-state index contributed by atoms with van der Waals surface area (Å²) in [6.45, 7) is 1.01. The van der Waals surface area contributed by atoms with E-state index in [1.54, 1.807) is 0 Å². The van der Waals surface area contributed by atoms with Crippen molar-refractivity contribution in [2.75, 3.05) is 17.6 Å². The van der Waals surface area contributed by atoms with E-state index >= 15 is 0 Å². The fourth-order valence-corrected chi connectivity index (χ4v) is 3.68. The third kappa shape index (κ3) is 2.90. The van der Waals surface area contributed by atoms with E-state index < -0.39 is 0 Å². The minimum absolute atomic E-state index is 0.477. The first kappa shape index (κ1) is 15.3. The van der Waals surface area contributed by atoms with Gasteiger partial charge >= 0.3 is 0 Å². The Morgan fingerprint density at radius 2 is 2.12 bits per heavy atom. The summed E-state index contributed by atoms with van der Waals surface area (Å²) in [5.74, 6) is 1.74. The van der Waals surface area contributed by atoms with Crippen LogP contribution in [0.1, 0.15) is 12.8 Å². The van der Waals surface area contributed by atoms with Crippen LogP contribution in [0.2, 0.25) is 0 Å². The largest absolute Gasteiger partial charge is 0.374 e. The number of anilines is 2. The molecule has 3 heterocycles. The number of nitrogens with one attached hydrogen (secondary N) is 2. The number of fused-ring (bicyclic) bond motifs is 1. The maximum absolute atomic E-state index is 5.72. The second-order valence-corrected chi connectivity index (χ2v) is 7.65. The fourth-order valence-electron chi connectivity index (χ4n) is 3.07. The smallest absolute Gasteiger partial charge is 0.203 e. The molecular weight excluding hydrogens is 344 g/mol. The number of nitrogens with two attached hydrogens (primary N) is 1. The number of aromatic nitrogens is 4. The van der Waals surface area contributed by atoms with Gasteiger partial charge in [-0.15, -0.1) is 10.2 Å². The van der Waals surface area contributed by atoms with Gasteiger partial charge in [0.25, 0.3) is 0 Å². The van der Waals surface area contributed by atoms with Crippen molar-refractivity contribution in [1.82, 2.24) is 20.2 Å². The van der Waals surface area contributed by atoms with Crippen LogP contribution in [0.4, 0.5) is 10.9 Å². The molecule has 4 aromatic rings. The summed E-state index contributed by atoms with van der Waals surface area (Å²) in [4.78, 5) is 8.13. The van der Waals surface area contributed by atoms with E-state index in [9.17, 15) is 0 Å². The summed E-state index contributed by atoms with van der Waals surface area (Å²) in [6, 6.07) is 12.3. The molecule has 0 atom stereocenters. The third-order valence-electron chi connectivity index (χ3n) is 4.66. The van der Waals surface area contributed by atoms with Gasteiger partial charge in [-0.25, -0.2) is 4.98 Å². The molecule has 4 N–H and O–H groups in total. The number of hydrogen-bond acceptors (Lipinski definition) is 6. The quantitative estimate of drug-likeness (QED) is 0.496. The van der Waals surface area contributed by atoms with Crippen LogP contribution < -0.4 is 11.1 Å². The molecule has 130 valence electrons. The molecule has 0 amide bonds. The zero-order valence-electron chi connectivity index (χ0n) is 14.1. The van der Waals surface area contributed by atoms with Crippen molar-refractivity contribution in [2.24, 2.45) is 5.92 Å². The van der Waals surface area contributed by atoms with Crippen LogP contribution >= 0.6 is 11.3 Å². The maximum atomic E-state index is 5.72. The molecule has 26 heavy (non-hydrogen) atoms. The van der Waals surface area contributed by atoms with Crippen LogP contribution in [0.3, 0.4) is 0 Å². The lowest BCUT2D eigenvalue weighted by molar-refractivity contribution is 0.883. The standard InChI is InChI=1S/C19H18N6S/c20-19-25-24-18(26-19)12-6-7-15-13(8-12)14(10-21-15)16-2-1-3-17(23-16)22-9-11-4-5-11/h1-3,6-8,10-11,21H,4-5,9H2,(H2,20,25)(H,22,23). The predicted molar refractivity (Wildman–Crippen MR) is 106 cm³/mol. The summed E-state index contributed by atoms with van der Waals surface area (Å²) in [7, 11) is 0. The van der Waals surface area contributed by atoms with Gasteiger partial charge in [-0.1, -0.05) is 17.4 Å². The minimum atomic E-state index is 0.477. The fraction of sp³-hybridized carbons (Fsp3) is 0.211. The highest BCUT2D eigenvalue weighted by molar-refractivity contribution is 7.18. The summed E-state index contributed by atoms with van der Waals surface area (Å²) < 4.78 is 0. The second-order valence-electron chi connectivity index (χ2n) is 6.64. The summed E-state index contributed by atoms with van der Waals surface area (Å²) >= 11 is 1.39. The van der Waals surface area contributed by atoms with Crippen LogP contribution in [0.15, 0.2) is 42.6 Å². The van der Waals surface area contributed by atoms with E-state index in [-0.39, 0.29) is 0 Å². The van der Waals surface area contributed by atoms with E-state index in [0.717, 1.165) is 51.0 Å². The van der Waals surface area contributed by atoms with Gasteiger partial charge in [-0.2, -0.15) is 0 Å². The Labute approximate surface area is 154 Å². The molecule has 3 aromatic heterocycles. The molecule has 1 saturated carbocycles. The van der Waals surface area contributed by atoms with Crippen LogP contribution in [-0.4, -0.2) is 26.7 Å². The Balaban J connectivity index is 1.52. The van der Waals surface area contributed by atoms with Gasteiger partial charge < -0.3 is 16.0 Å². The van der Waals surface area contributed by atoms with Crippen molar-refractivity contribution < 1.29 is 0 Å². The normalized spacial score (nSPS) is 14.0. The molecule has 0 unspecified atom stereocenters. The van der Waals surface area contributed by atoms with E-state index in [1.807, 2.05) is 30.5 Å². The second kappa shape index (κ2) is 6.10. The number of benzene rings is 1. The van der Waals surface area contributed by atoms with Crippen LogP contribution in [0.5, 0.6) is 0 Å². The molecule has 0 aliphatic heterocycles. The number of H-pyrrole nitrogens is 1. The Hall–Kier alpha value is -2.93. The molecule has 0 spiro atoms. The highest BCUT2D eigenvalue weighted by atomic mass is 32.1. The zero-order valence-corrected chi connectivity index (χ0v) is 14.9. The van der Waals surface area contributed by atoms with E-state index in [4.69, 9.17) is 10.7 Å². The van der Waals surface area contributed by atoms with Gasteiger partial charge in [0.05, 0.1) is 5.69 Å². The number of nitrogens with zero attached hydrogens (tertiary/aromatic N) is 3. The molecule has 0 bridgehead atoms. The minimum Gasteiger partial charge on any atom is -0.374 e. The van der Waals surface area contributed by atoms with Crippen molar-refractivity contribution in [2.45, 2.75) is 12.8 Å². The average molecular weight is 362 g/mol. The molecule has 6 nitrogen and oxygen atoms in total. The Kier molecular flexibility index (Phi) is 3.60. The van der Waals surface area contributed by atoms with Crippen molar-refractivity contribution in [3.8, 4) is 21.8 Å². The molecule has 0 saturated heterocycles. The molecule has 5 rings (SSSR count). The Morgan fingerprint density at radius 1 is 1.19 bits per heavy atom. The Bertz CT molecular complexity index is 1080. The van der Waals surface area contributed by atoms with Gasteiger partial charge in [-0.3, -0.25) is 0 Å². The maximum Gasteiger partial charge on any atom is 0.203 e. The van der Waals surface area contributed by atoms with Gasteiger partial charge in [-0.05, 0) is 49.1 Å². The number of pyridine rings is 1. The third-order valence-corrected chi connectivity index (χ3v) is 5.46. The average Bonchev–Trinajstić information content (AvgIpc) is 3.24. The van der Waals surface area contributed by atoms with Gasteiger partial charge in [0.15, 0.2) is 0 Å². The van der Waals surface area contributed by atoms with E-state index in [1.165, 1.54) is 24.2 Å². The monoisotopic (exact) mass is 362 g/mol. The van der Waals surface area contributed by atoms with Crippen molar-refractivity contribution >= 4 is 33.2 Å². The lowest BCUT2D eigenvalue weighted by atomic mass is 10.1. The van der Waals surface area contributed by atoms with Gasteiger partial charge in [0, 0.05) is 34.8 Å². The van der Waals surface area contributed by atoms with Crippen molar-refractivity contribution in [3.63, 3.8) is 0 Å². The molecule has 1 aliphatic rings. The first-order chi connectivity index (χ1) is 12.8. The number of nitrogen functional groups attached to an aromatic ring is 1. The van der Waals surface area contributed by atoms with Crippen molar-refractivity contribution in [3.05, 3.63) is 42.6 Å². The molecule has 0 radical (unpaired) electrons. The summed E-state index contributed by atoms with van der Waals surface area (Å²) in [5.41, 5.74) is 9.83. The van der Waals surface area contributed by atoms with E-state index in [0.29, 0.717) is 5.13 Å². The zero-order chi connectivity index (χ0) is 17.5. The number of rotatable bonds is 5. The first-order valence-corrected chi connectivity index (χ1v) is 9.50. The molecule has 7 heteroatoms. The lowest BCUT2D eigenvalue weighted by Crippen LogP contribution is -2.04. The highest BCUT2D eigenvalue weighted by Crippen LogP contribution is 2.33. The predicted octanol–water partition coefficient (Wildman–Crippen LogP) is 4.15. The molecule has 1 aromatic carbocycles. The number of aromatic amines is 1. The van der Waals surface area contributed by atoms with E-state index in [2.05, 4.69) is 32.6 Å². The van der Waals surface area contributed by atoms with Crippen LogP contribution in [-0.2, 0) is 0 Å². The van der Waals surface area contributed by atoms with Crippen molar-refractivity contribution in [1.29, 1.82) is 0 Å². The molecule has 1 aliphatic carbocycles. The first-order valence-electron chi connectivity index (χ1n) is 8.68. The van der Waals surface area contributed by atoms with Crippen LogP contribution in [0.25, 0.3) is 32.7 Å². The molecule has 1 fully saturated rings. The van der Waals surface area contributed by atoms with Gasteiger partial charge in [0.2, 0.25) is 5.13 Å². The highest BCUT2D eigenvalue weighted by Gasteiger charge is 2.20. The topological polar surface area (TPSA) is 92.5 Å². The molecular formula is C19H18N6S. The van der Waals surface area contributed by atoms with Gasteiger partial charge in [0.1, 0.15) is 10.8 Å². The SMILES string of the molecule is Nc1nnc(-c2ccc3[nH]cc(-c4cccc(NCC5CC5)n4)c3c2)s1. The number of hydrogen-bond donors (Lipinski definition) is 3. The van der Waals surface area contributed by atoms with Crippen LogP contribution in [0, 0.1) is 5.92 Å². The Morgan fingerprint density at radius 3 is 2.92 bits per heavy atom. The summed E-state index contributed by atoms with van der Waals surface area (Å²) in [5, 5.41) is 13.9.